The standard InChI is InChI=1S/C27H31NO2/c1-20(2)28-16-15-23-18-25(29-3)13-14-26(23)27(28)17-21-9-11-24(12-10-21)30-19-22-7-5-4-6-8-22/h4-14,18,20,27H,15-17,19H2,1-3H3. The van der Waals surface area contributed by atoms with Crippen LogP contribution < -0.4 is 9.47 Å². The van der Waals surface area contributed by atoms with E-state index < -0.39 is 0 Å². The van der Waals surface area contributed by atoms with Crippen LogP contribution >= 0.6 is 0 Å². The van der Waals surface area contributed by atoms with Crippen molar-refractivity contribution in [2.45, 2.75) is 45.4 Å². The van der Waals surface area contributed by atoms with Gasteiger partial charge in [0.15, 0.2) is 0 Å². The van der Waals surface area contributed by atoms with Gasteiger partial charge < -0.3 is 9.47 Å². The van der Waals surface area contributed by atoms with Crippen molar-refractivity contribution in [2.75, 3.05) is 13.7 Å². The fourth-order valence-electron chi connectivity index (χ4n) is 4.37. The van der Waals surface area contributed by atoms with Crippen molar-refractivity contribution in [1.29, 1.82) is 0 Å². The molecule has 0 aliphatic carbocycles. The third-order valence-electron chi connectivity index (χ3n) is 6.01. The lowest BCUT2D eigenvalue weighted by atomic mass is 9.87. The molecule has 0 fully saturated rings. The Morgan fingerprint density at radius 1 is 0.900 bits per heavy atom. The van der Waals surface area contributed by atoms with E-state index >= 15 is 0 Å². The first-order chi connectivity index (χ1) is 14.6. The van der Waals surface area contributed by atoms with Crippen molar-refractivity contribution < 1.29 is 9.47 Å². The number of rotatable bonds is 7. The van der Waals surface area contributed by atoms with Crippen LogP contribution in [0.15, 0.2) is 72.8 Å². The summed E-state index contributed by atoms with van der Waals surface area (Å²) in [5.41, 5.74) is 5.36. The third-order valence-corrected chi connectivity index (χ3v) is 6.01. The number of ether oxygens (including phenoxy) is 2. The zero-order valence-electron chi connectivity index (χ0n) is 18.2. The van der Waals surface area contributed by atoms with Crippen LogP contribution in [0, 0.1) is 0 Å². The topological polar surface area (TPSA) is 21.7 Å². The molecule has 1 atom stereocenters. The average molecular weight is 402 g/mol. The van der Waals surface area contributed by atoms with Gasteiger partial charge in [0.25, 0.3) is 0 Å². The second kappa shape index (κ2) is 9.36. The smallest absolute Gasteiger partial charge is 0.119 e. The fraction of sp³-hybridized carbons (Fsp3) is 0.333. The summed E-state index contributed by atoms with van der Waals surface area (Å²) in [6.45, 7) is 6.27. The van der Waals surface area contributed by atoms with Gasteiger partial charge in [-0.2, -0.15) is 0 Å². The molecule has 4 rings (SSSR count). The van der Waals surface area contributed by atoms with Crippen molar-refractivity contribution in [1.82, 2.24) is 4.90 Å². The molecule has 3 aromatic rings. The monoisotopic (exact) mass is 401 g/mol. The van der Waals surface area contributed by atoms with Crippen LogP contribution in [0.5, 0.6) is 11.5 Å². The van der Waals surface area contributed by atoms with Crippen LogP contribution in [0.1, 0.15) is 42.1 Å². The summed E-state index contributed by atoms with van der Waals surface area (Å²) < 4.78 is 11.4. The summed E-state index contributed by atoms with van der Waals surface area (Å²) in [7, 11) is 1.74. The number of hydrogen-bond acceptors (Lipinski definition) is 3. The molecule has 0 bridgehead atoms. The Hall–Kier alpha value is -2.78. The van der Waals surface area contributed by atoms with Gasteiger partial charge in [-0.3, -0.25) is 4.90 Å². The Morgan fingerprint density at radius 3 is 2.33 bits per heavy atom. The van der Waals surface area contributed by atoms with E-state index in [1.54, 1.807) is 7.11 Å². The highest BCUT2D eigenvalue weighted by Crippen LogP contribution is 2.35. The van der Waals surface area contributed by atoms with Gasteiger partial charge in [0.05, 0.1) is 7.11 Å². The zero-order valence-corrected chi connectivity index (χ0v) is 18.2. The zero-order chi connectivity index (χ0) is 20.9. The second-order valence-corrected chi connectivity index (χ2v) is 8.28. The molecular weight excluding hydrogens is 370 g/mol. The summed E-state index contributed by atoms with van der Waals surface area (Å²) in [5.74, 6) is 1.86. The average Bonchev–Trinajstić information content (AvgIpc) is 2.79. The lowest BCUT2D eigenvalue weighted by molar-refractivity contribution is 0.141. The number of benzene rings is 3. The minimum absolute atomic E-state index is 0.385. The first-order valence-corrected chi connectivity index (χ1v) is 10.8. The van der Waals surface area contributed by atoms with Crippen LogP contribution in [0.3, 0.4) is 0 Å². The van der Waals surface area contributed by atoms with E-state index in [-0.39, 0.29) is 0 Å². The van der Waals surface area contributed by atoms with Crippen molar-refractivity contribution in [3.8, 4) is 11.5 Å². The molecule has 0 aromatic heterocycles. The van der Waals surface area contributed by atoms with Crippen molar-refractivity contribution in [3.63, 3.8) is 0 Å². The second-order valence-electron chi connectivity index (χ2n) is 8.28. The van der Waals surface area contributed by atoms with Gasteiger partial charge in [0, 0.05) is 18.6 Å². The van der Waals surface area contributed by atoms with E-state index in [9.17, 15) is 0 Å². The van der Waals surface area contributed by atoms with Gasteiger partial charge in [-0.15, -0.1) is 0 Å². The van der Waals surface area contributed by atoms with Gasteiger partial charge in [-0.25, -0.2) is 0 Å². The molecule has 1 aliphatic heterocycles. The minimum Gasteiger partial charge on any atom is -0.497 e. The predicted octanol–water partition coefficient (Wildman–Crippen LogP) is 5.82. The molecule has 0 saturated carbocycles. The predicted molar refractivity (Wildman–Crippen MR) is 122 cm³/mol. The summed E-state index contributed by atoms with van der Waals surface area (Å²) in [5, 5.41) is 0. The fourth-order valence-corrected chi connectivity index (χ4v) is 4.37. The summed E-state index contributed by atoms with van der Waals surface area (Å²) in [6, 6.07) is 26.3. The molecule has 1 heterocycles. The molecule has 0 spiro atoms. The van der Waals surface area contributed by atoms with Crippen molar-refractivity contribution in [2.24, 2.45) is 0 Å². The summed E-state index contributed by atoms with van der Waals surface area (Å²) in [6.07, 6.45) is 2.07. The highest BCUT2D eigenvalue weighted by atomic mass is 16.5. The maximum atomic E-state index is 5.95. The molecule has 1 aliphatic rings. The van der Waals surface area contributed by atoms with E-state index in [0.717, 1.165) is 30.9 Å². The molecule has 0 amide bonds. The summed E-state index contributed by atoms with van der Waals surface area (Å²) >= 11 is 0. The SMILES string of the molecule is COc1ccc2c(c1)CCN(C(C)C)C2Cc1ccc(OCc2ccccc2)cc1. The first kappa shape index (κ1) is 20.5. The van der Waals surface area contributed by atoms with Crippen LogP contribution in [-0.2, 0) is 19.4 Å². The highest BCUT2D eigenvalue weighted by molar-refractivity contribution is 5.40. The molecule has 3 nitrogen and oxygen atoms in total. The van der Waals surface area contributed by atoms with Crippen LogP contribution in [0.4, 0.5) is 0 Å². The third kappa shape index (κ3) is 4.68. The molecule has 1 unspecified atom stereocenters. The van der Waals surface area contributed by atoms with Gasteiger partial charge in [0.1, 0.15) is 18.1 Å². The Labute approximate surface area is 180 Å². The molecule has 0 saturated heterocycles. The van der Waals surface area contributed by atoms with Crippen molar-refractivity contribution in [3.05, 3.63) is 95.1 Å². The lowest BCUT2D eigenvalue weighted by Gasteiger charge is -2.40. The molecule has 3 aromatic carbocycles. The van der Waals surface area contributed by atoms with Gasteiger partial charge in [-0.05, 0) is 73.2 Å². The van der Waals surface area contributed by atoms with Gasteiger partial charge in [0.2, 0.25) is 0 Å². The molecular formula is C27H31NO2. The molecule has 0 radical (unpaired) electrons. The minimum atomic E-state index is 0.385. The Bertz CT molecular complexity index is 950. The number of fused-ring (bicyclic) bond motifs is 1. The number of methoxy groups -OCH3 is 1. The quantitative estimate of drug-likeness (QED) is 0.498. The lowest BCUT2D eigenvalue weighted by Crippen LogP contribution is -2.41. The largest absolute Gasteiger partial charge is 0.497 e. The molecule has 3 heteroatoms. The first-order valence-electron chi connectivity index (χ1n) is 10.8. The summed E-state index contributed by atoms with van der Waals surface area (Å²) in [4.78, 5) is 2.62. The van der Waals surface area contributed by atoms with E-state index in [4.69, 9.17) is 9.47 Å². The van der Waals surface area contributed by atoms with Gasteiger partial charge in [-0.1, -0.05) is 48.5 Å². The Morgan fingerprint density at radius 2 is 1.63 bits per heavy atom. The normalized spacial score (nSPS) is 16.3. The van der Waals surface area contributed by atoms with E-state index in [0.29, 0.717) is 18.7 Å². The van der Waals surface area contributed by atoms with E-state index in [2.05, 4.69) is 73.3 Å². The molecule has 156 valence electrons. The van der Waals surface area contributed by atoms with Crippen LogP contribution in [0.2, 0.25) is 0 Å². The Balaban J connectivity index is 1.49. The van der Waals surface area contributed by atoms with Crippen molar-refractivity contribution >= 4 is 0 Å². The van der Waals surface area contributed by atoms with Crippen LogP contribution in [0.25, 0.3) is 0 Å². The van der Waals surface area contributed by atoms with Gasteiger partial charge >= 0.3 is 0 Å². The highest BCUT2D eigenvalue weighted by Gasteiger charge is 2.29. The Kier molecular flexibility index (Phi) is 6.39. The maximum Gasteiger partial charge on any atom is 0.119 e. The number of hydrogen-bond donors (Lipinski definition) is 0. The van der Waals surface area contributed by atoms with E-state index in [1.165, 1.54) is 22.3 Å². The van der Waals surface area contributed by atoms with E-state index in [1.807, 2.05) is 18.2 Å². The van der Waals surface area contributed by atoms with Crippen LogP contribution in [-0.4, -0.2) is 24.6 Å². The molecule has 0 N–H and O–H groups in total. The molecule has 30 heavy (non-hydrogen) atoms. The number of nitrogens with zero attached hydrogens (tertiary/aromatic N) is 1. The maximum absolute atomic E-state index is 5.95.